The first kappa shape index (κ1) is 11.7. The fraction of sp³-hybridized carbons (Fsp3) is 1.00. The Hall–Kier alpha value is 1.68. The van der Waals surface area contributed by atoms with Gasteiger partial charge in [-0.15, -0.1) is 11.6 Å². The lowest BCUT2D eigenvalue weighted by molar-refractivity contribution is 0.587. The first-order chi connectivity index (χ1) is 4.31. The SMILES string of the molecule is O=P(Cl)(Cl)C(Cl)(Cl)CCCl. The second-order valence-electron chi connectivity index (χ2n) is 1.57. The van der Waals surface area contributed by atoms with Gasteiger partial charge < -0.3 is 0 Å². The quantitative estimate of drug-likeness (QED) is 0.545. The smallest absolute Gasteiger partial charge is 0.286 e. The largest absolute Gasteiger partial charge is 0.287 e. The predicted octanol–water partition coefficient (Wildman–Crippen LogP) is 4.42. The van der Waals surface area contributed by atoms with E-state index in [1.807, 2.05) is 0 Å². The molecule has 0 aromatic carbocycles. The van der Waals surface area contributed by atoms with E-state index < -0.39 is 9.92 Å². The lowest BCUT2D eigenvalue weighted by Crippen LogP contribution is -2.08. The zero-order chi connectivity index (χ0) is 8.41. The summed E-state index contributed by atoms with van der Waals surface area (Å²) in [6.45, 7) is 0. The van der Waals surface area contributed by atoms with Crippen LogP contribution in [0.25, 0.3) is 0 Å². The summed E-state index contributed by atoms with van der Waals surface area (Å²) in [4.78, 5) is 0. The molecule has 62 valence electrons. The molecule has 0 unspecified atom stereocenters. The summed E-state index contributed by atoms with van der Waals surface area (Å²) < 4.78 is 9.22. The molecule has 0 rings (SSSR count). The zero-order valence-electron chi connectivity index (χ0n) is 4.66. The van der Waals surface area contributed by atoms with Crippen LogP contribution in [0.5, 0.6) is 0 Å². The van der Waals surface area contributed by atoms with Gasteiger partial charge in [-0.3, -0.25) is 4.57 Å². The fourth-order valence-corrected chi connectivity index (χ4v) is 1.92. The Labute approximate surface area is 83.9 Å². The average molecular weight is 264 g/mol. The van der Waals surface area contributed by atoms with E-state index in [2.05, 4.69) is 0 Å². The number of alkyl halides is 3. The van der Waals surface area contributed by atoms with E-state index in [1.54, 1.807) is 0 Å². The van der Waals surface area contributed by atoms with Crippen molar-refractivity contribution in [2.75, 3.05) is 5.88 Å². The maximum absolute atomic E-state index is 10.8. The molecule has 10 heavy (non-hydrogen) atoms. The Morgan fingerprint density at radius 1 is 1.30 bits per heavy atom. The summed E-state index contributed by atoms with van der Waals surface area (Å²) in [6.07, 6.45) is 0.0992. The standard InChI is InChI=1S/C3H4Cl5OP/c4-2-1-3(5,6)10(7,8)9/h1-2H2. The maximum Gasteiger partial charge on any atom is 0.287 e. The van der Waals surface area contributed by atoms with E-state index in [1.165, 1.54) is 0 Å². The van der Waals surface area contributed by atoms with Crippen molar-refractivity contribution < 1.29 is 4.57 Å². The Morgan fingerprint density at radius 2 is 1.70 bits per heavy atom. The van der Waals surface area contributed by atoms with Crippen molar-refractivity contribution in [2.24, 2.45) is 0 Å². The average Bonchev–Trinajstić information content (AvgIpc) is 1.61. The summed E-state index contributed by atoms with van der Waals surface area (Å²) in [7, 11) is 0. The maximum atomic E-state index is 10.8. The first-order valence-corrected chi connectivity index (χ1v) is 7.05. The van der Waals surface area contributed by atoms with Crippen LogP contribution in [0, 0.1) is 0 Å². The van der Waals surface area contributed by atoms with Crippen molar-refractivity contribution in [3.63, 3.8) is 0 Å². The van der Waals surface area contributed by atoms with Crippen molar-refractivity contribution in [2.45, 2.75) is 10.5 Å². The minimum atomic E-state index is -3.49. The van der Waals surface area contributed by atoms with E-state index >= 15 is 0 Å². The van der Waals surface area contributed by atoms with E-state index in [-0.39, 0.29) is 12.3 Å². The second kappa shape index (κ2) is 4.07. The van der Waals surface area contributed by atoms with Gasteiger partial charge in [-0.05, 0) is 22.5 Å². The van der Waals surface area contributed by atoms with Gasteiger partial charge in [0.15, 0.2) is 4.07 Å². The number of hydrogen-bond acceptors (Lipinski definition) is 1. The molecule has 0 N–H and O–H groups in total. The lowest BCUT2D eigenvalue weighted by atomic mass is 10.6. The van der Waals surface area contributed by atoms with Crippen molar-refractivity contribution in [1.82, 2.24) is 0 Å². The molecule has 0 fully saturated rings. The van der Waals surface area contributed by atoms with Gasteiger partial charge in [0.2, 0.25) is 0 Å². The van der Waals surface area contributed by atoms with Gasteiger partial charge in [-0.2, -0.15) is 0 Å². The van der Waals surface area contributed by atoms with Crippen LogP contribution < -0.4 is 0 Å². The molecule has 1 nitrogen and oxygen atoms in total. The highest BCUT2D eigenvalue weighted by Crippen LogP contribution is 2.71. The molecule has 0 atom stereocenters. The van der Waals surface area contributed by atoms with Crippen LogP contribution >= 0.6 is 63.1 Å². The molecule has 0 aromatic heterocycles. The molecule has 0 aromatic rings. The van der Waals surface area contributed by atoms with Crippen LogP contribution in [-0.4, -0.2) is 9.95 Å². The van der Waals surface area contributed by atoms with Crippen molar-refractivity contribution >= 4 is 63.1 Å². The molecule has 0 aliphatic rings. The summed E-state index contributed by atoms with van der Waals surface area (Å²) in [6, 6.07) is 0. The monoisotopic (exact) mass is 262 g/mol. The highest BCUT2D eigenvalue weighted by molar-refractivity contribution is 8.11. The van der Waals surface area contributed by atoms with Crippen LogP contribution in [-0.2, 0) is 4.57 Å². The molecule has 0 saturated carbocycles. The van der Waals surface area contributed by atoms with Crippen LogP contribution in [0.3, 0.4) is 0 Å². The van der Waals surface area contributed by atoms with E-state index in [0.717, 1.165) is 0 Å². The van der Waals surface area contributed by atoms with Gasteiger partial charge >= 0.3 is 0 Å². The Balaban J connectivity index is 4.25. The van der Waals surface area contributed by atoms with Crippen molar-refractivity contribution in [3.05, 3.63) is 0 Å². The molecule has 0 aliphatic carbocycles. The minimum Gasteiger partial charge on any atom is -0.286 e. The van der Waals surface area contributed by atoms with Crippen LogP contribution in [0.4, 0.5) is 0 Å². The first-order valence-electron chi connectivity index (χ1n) is 2.24. The van der Waals surface area contributed by atoms with Crippen molar-refractivity contribution in [1.29, 1.82) is 0 Å². The second-order valence-corrected chi connectivity index (χ2v) is 9.02. The summed E-state index contributed by atoms with van der Waals surface area (Å²) in [5, 5.41) is 0. The molecule has 0 aliphatic heterocycles. The molecular weight excluding hydrogens is 260 g/mol. The zero-order valence-corrected chi connectivity index (χ0v) is 9.33. The third kappa shape index (κ3) is 3.38. The normalized spacial score (nSPS) is 13.7. The lowest BCUT2D eigenvalue weighted by Gasteiger charge is -2.18. The van der Waals surface area contributed by atoms with Crippen LogP contribution in [0.2, 0.25) is 0 Å². The molecule has 0 amide bonds. The third-order valence-corrected chi connectivity index (χ3v) is 6.53. The van der Waals surface area contributed by atoms with Crippen molar-refractivity contribution in [3.8, 4) is 0 Å². The number of rotatable bonds is 3. The summed E-state index contributed by atoms with van der Waals surface area (Å²) in [5.74, 6) is -3.33. The van der Waals surface area contributed by atoms with E-state index in [0.29, 0.717) is 0 Å². The molecular formula is C3H4Cl5OP. The third-order valence-electron chi connectivity index (χ3n) is 0.776. The van der Waals surface area contributed by atoms with Gasteiger partial charge in [0.25, 0.3) is 5.85 Å². The summed E-state index contributed by atoms with van der Waals surface area (Å²) in [5.41, 5.74) is 0. The molecule has 0 heterocycles. The molecule has 0 spiro atoms. The highest BCUT2D eigenvalue weighted by atomic mass is 35.9. The highest BCUT2D eigenvalue weighted by Gasteiger charge is 2.42. The van der Waals surface area contributed by atoms with Gasteiger partial charge in [-0.25, -0.2) is 0 Å². The topological polar surface area (TPSA) is 17.1 Å². The van der Waals surface area contributed by atoms with Crippen LogP contribution in [0.15, 0.2) is 0 Å². The Kier molecular flexibility index (Phi) is 4.75. The van der Waals surface area contributed by atoms with E-state index in [9.17, 15) is 4.57 Å². The van der Waals surface area contributed by atoms with Gasteiger partial charge in [0.05, 0.1) is 0 Å². The molecule has 0 radical (unpaired) electrons. The molecule has 0 saturated heterocycles. The Bertz CT molecular complexity index is 151. The fourth-order valence-electron chi connectivity index (χ4n) is 0.244. The van der Waals surface area contributed by atoms with Gasteiger partial charge in [-0.1, -0.05) is 23.2 Å². The van der Waals surface area contributed by atoms with Gasteiger partial charge in [0, 0.05) is 12.3 Å². The molecule has 7 heteroatoms. The molecule has 0 bridgehead atoms. The number of halogens is 5. The summed E-state index contributed by atoms with van der Waals surface area (Å²) >= 11 is 26.6. The van der Waals surface area contributed by atoms with Gasteiger partial charge in [0.1, 0.15) is 0 Å². The van der Waals surface area contributed by atoms with Crippen LogP contribution in [0.1, 0.15) is 6.42 Å². The Morgan fingerprint density at radius 3 is 1.80 bits per heavy atom. The minimum absolute atomic E-state index is 0.0992. The number of hydrogen-bond donors (Lipinski definition) is 0. The van der Waals surface area contributed by atoms with E-state index in [4.69, 9.17) is 57.3 Å². The predicted molar refractivity (Wildman–Crippen MR) is 49.1 cm³/mol.